The van der Waals surface area contributed by atoms with Gasteiger partial charge in [0.2, 0.25) is 11.8 Å². The van der Waals surface area contributed by atoms with Crippen molar-refractivity contribution in [1.82, 2.24) is 29.7 Å². The summed E-state index contributed by atoms with van der Waals surface area (Å²) in [5.74, 6) is 0.379. The zero-order valence-electron chi connectivity index (χ0n) is 18.9. The summed E-state index contributed by atoms with van der Waals surface area (Å²) >= 11 is 0. The number of amides is 2. The van der Waals surface area contributed by atoms with Crippen molar-refractivity contribution in [3.63, 3.8) is 0 Å². The van der Waals surface area contributed by atoms with Gasteiger partial charge in [0.1, 0.15) is 11.6 Å². The van der Waals surface area contributed by atoms with Crippen molar-refractivity contribution in [3.05, 3.63) is 30.2 Å². The lowest BCUT2D eigenvalue weighted by Gasteiger charge is -2.30. The highest BCUT2D eigenvalue weighted by Gasteiger charge is 2.35. The van der Waals surface area contributed by atoms with Crippen molar-refractivity contribution < 1.29 is 9.59 Å². The molecule has 0 saturated carbocycles. The van der Waals surface area contributed by atoms with Gasteiger partial charge in [-0.3, -0.25) is 14.9 Å². The molecule has 2 fully saturated rings. The minimum atomic E-state index is -0.255. The van der Waals surface area contributed by atoms with Crippen LogP contribution in [-0.2, 0) is 9.59 Å². The second-order valence-electron chi connectivity index (χ2n) is 8.93. The molecule has 2 aliphatic heterocycles. The first-order chi connectivity index (χ1) is 15.9. The van der Waals surface area contributed by atoms with Gasteiger partial charge in [0, 0.05) is 48.6 Å². The smallest absolute Gasteiger partial charge is 0.231 e. The molecule has 3 aromatic rings. The van der Waals surface area contributed by atoms with Gasteiger partial charge in [0.25, 0.3) is 0 Å². The molecule has 0 spiro atoms. The molecular formula is C23H28N8O2. The number of carbonyl (C=O) groups excluding carboxylic acids is 2. The van der Waals surface area contributed by atoms with E-state index in [-0.39, 0.29) is 23.7 Å². The van der Waals surface area contributed by atoms with Gasteiger partial charge in [-0.25, -0.2) is 9.67 Å². The van der Waals surface area contributed by atoms with E-state index in [1.165, 1.54) is 5.57 Å². The molecule has 0 radical (unpaired) electrons. The third-order valence-corrected chi connectivity index (χ3v) is 6.67. The highest BCUT2D eigenvalue weighted by Crippen LogP contribution is 2.30. The molecule has 0 aliphatic carbocycles. The Kier molecular flexibility index (Phi) is 5.35. The number of nitrogens with one attached hydrogen (secondary N) is 1. The van der Waals surface area contributed by atoms with Crippen LogP contribution in [0.5, 0.6) is 0 Å². The highest BCUT2D eigenvalue weighted by molar-refractivity contribution is 5.98. The number of hydrogen-bond acceptors (Lipinski definition) is 7. The average molecular weight is 449 g/mol. The average Bonchev–Trinajstić information content (AvgIpc) is 3.38. The van der Waals surface area contributed by atoms with E-state index < -0.39 is 0 Å². The molecule has 3 aromatic heterocycles. The zero-order chi connectivity index (χ0) is 23.1. The largest absolute Gasteiger partial charge is 0.383 e. The van der Waals surface area contributed by atoms with Gasteiger partial charge in [-0.05, 0) is 32.6 Å². The molecule has 2 unspecified atom stereocenters. The fourth-order valence-corrected chi connectivity index (χ4v) is 4.52. The first-order valence-electron chi connectivity index (χ1n) is 11.4. The maximum atomic E-state index is 12.5. The zero-order valence-corrected chi connectivity index (χ0v) is 18.9. The molecule has 2 bridgehead atoms. The van der Waals surface area contributed by atoms with Crippen LogP contribution in [0, 0.1) is 11.8 Å². The Hall–Kier alpha value is -3.69. The van der Waals surface area contributed by atoms with Crippen LogP contribution in [0.25, 0.3) is 23.0 Å². The molecule has 3 N–H and O–H groups in total. The molecule has 10 heteroatoms. The number of nitrogens with two attached hydrogens (primary N) is 1. The molecule has 2 saturated heterocycles. The highest BCUT2D eigenvalue weighted by atomic mass is 16.2. The van der Waals surface area contributed by atoms with Crippen molar-refractivity contribution >= 4 is 35.3 Å². The van der Waals surface area contributed by atoms with Gasteiger partial charge in [-0.1, -0.05) is 12.5 Å². The van der Waals surface area contributed by atoms with Crippen LogP contribution in [0.2, 0.25) is 0 Å². The quantitative estimate of drug-likeness (QED) is 0.587. The van der Waals surface area contributed by atoms with Crippen LogP contribution in [0.3, 0.4) is 0 Å². The lowest BCUT2D eigenvalue weighted by molar-refractivity contribution is -0.132. The minimum Gasteiger partial charge on any atom is -0.383 e. The van der Waals surface area contributed by atoms with Crippen molar-refractivity contribution in [3.8, 4) is 11.1 Å². The van der Waals surface area contributed by atoms with Crippen molar-refractivity contribution in [2.75, 3.05) is 23.7 Å². The van der Waals surface area contributed by atoms with E-state index in [2.05, 4.69) is 34.3 Å². The number of rotatable bonds is 4. The predicted molar refractivity (Wildman–Crippen MR) is 125 cm³/mol. The van der Waals surface area contributed by atoms with Crippen LogP contribution >= 0.6 is 0 Å². The number of nitrogens with zero attached hydrogens (tertiary/aromatic N) is 6. The molecule has 10 nitrogen and oxygen atoms in total. The van der Waals surface area contributed by atoms with Crippen molar-refractivity contribution in [2.24, 2.45) is 11.8 Å². The Balaban J connectivity index is 1.51. The summed E-state index contributed by atoms with van der Waals surface area (Å²) in [5.41, 5.74) is 9.91. The van der Waals surface area contributed by atoms with Crippen LogP contribution in [-0.4, -0.2) is 49.3 Å². The molecule has 2 atom stereocenters. The van der Waals surface area contributed by atoms with E-state index in [0.717, 1.165) is 24.0 Å². The number of allylic oxidation sites excluding steroid dienone is 1. The monoisotopic (exact) mass is 448 g/mol. The van der Waals surface area contributed by atoms with Gasteiger partial charge in [0.05, 0.1) is 18.3 Å². The van der Waals surface area contributed by atoms with Crippen LogP contribution in [0.4, 0.5) is 11.6 Å². The van der Waals surface area contributed by atoms with Crippen molar-refractivity contribution in [1.29, 1.82) is 0 Å². The normalized spacial score (nSPS) is 21.8. The number of hydrogen-bond donors (Lipinski definition) is 2. The van der Waals surface area contributed by atoms with Crippen LogP contribution in [0.15, 0.2) is 30.2 Å². The number of carbonyl (C=O) groups is 2. The van der Waals surface area contributed by atoms with E-state index in [9.17, 15) is 9.59 Å². The van der Waals surface area contributed by atoms with Gasteiger partial charge in [-0.15, -0.1) is 0 Å². The van der Waals surface area contributed by atoms with Gasteiger partial charge in [-0.2, -0.15) is 14.7 Å². The SMILES string of the molecule is CCC(C)=Cn1cc(-c2cnn3c(N)cc(N4CCC5CCC(C4)C(=O)NC5=O)nc23)cn1. The maximum Gasteiger partial charge on any atom is 0.231 e. The topological polar surface area (TPSA) is 123 Å². The first kappa shape index (κ1) is 21.2. The predicted octanol–water partition coefficient (Wildman–Crippen LogP) is 2.32. The lowest BCUT2D eigenvalue weighted by atomic mass is 9.92. The van der Waals surface area contributed by atoms with E-state index in [1.807, 2.05) is 12.4 Å². The summed E-state index contributed by atoms with van der Waals surface area (Å²) in [6.45, 7) is 5.30. The van der Waals surface area contributed by atoms with E-state index in [4.69, 9.17) is 10.7 Å². The Morgan fingerprint density at radius 2 is 1.97 bits per heavy atom. The summed E-state index contributed by atoms with van der Waals surface area (Å²) in [6, 6.07) is 1.78. The fourth-order valence-electron chi connectivity index (χ4n) is 4.52. The standard InChI is InChI=1S/C23H28N8O2/c1-3-14(2)11-30-13-17(9-25-30)18-10-26-31-19(24)8-20(27-21(18)31)29-7-6-15-4-5-16(12-29)23(33)28-22(15)32/h8-11,13,15-16H,3-7,12,24H2,1-2H3,(H,28,32,33). The summed E-state index contributed by atoms with van der Waals surface area (Å²) in [6.07, 6.45) is 10.5. The second kappa shape index (κ2) is 8.34. The lowest BCUT2D eigenvalue weighted by Crippen LogP contribution is -2.39. The molecule has 172 valence electrons. The van der Waals surface area contributed by atoms with E-state index in [0.29, 0.717) is 43.2 Å². The minimum absolute atomic E-state index is 0.154. The molecule has 0 aromatic carbocycles. The number of fused-ring (bicyclic) bond motifs is 4. The Bertz CT molecular complexity index is 1260. The fraction of sp³-hybridized carbons (Fsp3) is 0.435. The third-order valence-electron chi connectivity index (χ3n) is 6.67. The third kappa shape index (κ3) is 3.96. The summed E-state index contributed by atoms with van der Waals surface area (Å²) in [7, 11) is 0. The number of aromatic nitrogens is 5. The summed E-state index contributed by atoms with van der Waals surface area (Å²) < 4.78 is 3.40. The Labute approximate surface area is 191 Å². The molecule has 2 aliphatic rings. The van der Waals surface area contributed by atoms with E-state index >= 15 is 0 Å². The molecule has 2 amide bonds. The first-order valence-corrected chi connectivity index (χ1v) is 11.4. The van der Waals surface area contributed by atoms with E-state index in [1.54, 1.807) is 27.7 Å². The number of nitrogen functional groups attached to an aromatic ring is 1. The maximum absolute atomic E-state index is 12.5. The molecule has 33 heavy (non-hydrogen) atoms. The number of imide groups is 1. The molecular weight excluding hydrogens is 420 g/mol. The van der Waals surface area contributed by atoms with Crippen LogP contribution in [0.1, 0.15) is 39.5 Å². The molecule has 5 heterocycles. The van der Waals surface area contributed by atoms with Gasteiger partial charge < -0.3 is 10.6 Å². The Morgan fingerprint density at radius 3 is 2.79 bits per heavy atom. The van der Waals surface area contributed by atoms with Crippen LogP contribution < -0.4 is 16.0 Å². The molecule has 5 rings (SSSR count). The second-order valence-corrected chi connectivity index (χ2v) is 8.93. The number of anilines is 2. The Morgan fingerprint density at radius 1 is 1.18 bits per heavy atom. The van der Waals surface area contributed by atoms with Gasteiger partial charge in [0.15, 0.2) is 5.65 Å². The summed E-state index contributed by atoms with van der Waals surface area (Å²) in [5, 5.41) is 11.4. The van der Waals surface area contributed by atoms with Gasteiger partial charge >= 0.3 is 0 Å². The summed E-state index contributed by atoms with van der Waals surface area (Å²) in [4.78, 5) is 31.8. The van der Waals surface area contributed by atoms with Crippen molar-refractivity contribution in [2.45, 2.75) is 39.5 Å².